The van der Waals surface area contributed by atoms with Crippen molar-refractivity contribution in [2.24, 2.45) is 0 Å². The minimum absolute atomic E-state index is 0.129. The monoisotopic (exact) mass is 278 g/mol. The summed E-state index contributed by atoms with van der Waals surface area (Å²) in [5, 5.41) is 1.05. The Bertz CT molecular complexity index is 637. The van der Waals surface area contributed by atoms with E-state index in [1.807, 2.05) is 36.4 Å². The molecule has 19 heavy (non-hydrogen) atoms. The summed E-state index contributed by atoms with van der Waals surface area (Å²) in [7, 11) is -3.58. The zero-order chi connectivity index (χ0) is 13.7. The lowest BCUT2D eigenvalue weighted by Gasteiger charge is -1.99. The standard InChI is InChI=1S/C14H14O4S/c1-2-18-19(15,16)11-9-12-5-7-13(8-6-12)14-4-3-10-17-14/h3-11H,2H2,1H3. The van der Waals surface area contributed by atoms with Crippen molar-refractivity contribution in [3.05, 3.63) is 53.6 Å². The normalized spacial score (nSPS) is 12.1. The van der Waals surface area contributed by atoms with Crippen molar-refractivity contribution >= 4 is 16.2 Å². The molecule has 100 valence electrons. The first kappa shape index (κ1) is 13.6. The molecule has 0 saturated heterocycles. The van der Waals surface area contributed by atoms with Gasteiger partial charge in [0.15, 0.2) is 0 Å². The zero-order valence-corrected chi connectivity index (χ0v) is 11.3. The Morgan fingerprint density at radius 3 is 2.53 bits per heavy atom. The largest absolute Gasteiger partial charge is 0.464 e. The molecule has 0 aliphatic carbocycles. The van der Waals surface area contributed by atoms with Gasteiger partial charge >= 0.3 is 0 Å². The van der Waals surface area contributed by atoms with Gasteiger partial charge < -0.3 is 4.42 Å². The second kappa shape index (κ2) is 5.86. The molecule has 0 saturated carbocycles. The highest BCUT2D eigenvalue weighted by Crippen LogP contribution is 2.20. The summed E-state index contributed by atoms with van der Waals surface area (Å²) >= 11 is 0. The van der Waals surface area contributed by atoms with Gasteiger partial charge in [-0.05, 0) is 30.7 Å². The van der Waals surface area contributed by atoms with Crippen LogP contribution in [0, 0.1) is 0 Å². The van der Waals surface area contributed by atoms with Crippen LogP contribution in [0.15, 0.2) is 52.5 Å². The van der Waals surface area contributed by atoms with Crippen molar-refractivity contribution in [3.8, 4) is 11.3 Å². The summed E-state index contributed by atoms with van der Waals surface area (Å²) in [6.07, 6.45) is 3.11. The van der Waals surface area contributed by atoms with Crippen LogP contribution in [-0.4, -0.2) is 15.0 Å². The van der Waals surface area contributed by atoms with E-state index in [0.29, 0.717) is 0 Å². The van der Waals surface area contributed by atoms with Crippen molar-refractivity contribution in [3.63, 3.8) is 0 Å². The third-order valence-electron chi connectivity index (χ3n) is 2.43. The molecule has 1 heterocycles. The molecule has 4 nitrogen and oxygen atoms in total. The summed E-state index contributed by atoms with van der Waals surface area (Å²) in [4.78, 5) is 0. The summed E-state index contributed by atoms with van der Waals surface area (Å²) in [5.41, 5.74) is 1.72. The molecule has 0 bridgehead atoms. The van der Waals surface area contributed by atoms with Gasteiger partial charge in [0.05, 0.1) is 18.3 Å². The zero-order valence-electron chi connectivity index (χ0n) is 10.4. The van der Waals surface area contributed by atoms with Crippen LogP contribution >= 0.6 is 0 Å². The maximum absolute atomic E-state index is 11.3. The molecule has 0 aliphatic heterocycles. The Balaban J connectivity index is 2.14. The van der Waals surface area contributed by atoms with Gasteiger partial charge in [0.25, 0.3) is 10.1 Å². The molecular weight excluding hydrogens is 264 g/mol. The van der Waals surface area contributed by atoms with Gasteiger partial charge in [-0.3, -0.25) is 4.18 Å². The van der Waals surface area contributed by atoms with Crippen LogP contribution in [0.5, 0.6) is 0 Å². The summed E-state index contributed by atoms with van der Waals surface area (Å²) < 4.78 is 32.5. The molecule has 0 spiro atoms. The summed E-state index contributed by atoms with van der Waals surface area (Å²) in [6.45, 7) is 1.76. The number of benzene rings is 1. The molecule has 2 aromatic rings. The highest BCUT2D eigenvalue weighted by atomic mass is 32.2. The molecule has 5 heteroatoms. The SMILES string of the molecule is CCOS(=O)(=O)C=Cc1ccc(-c2ccco2)cc1. The number of hydrogen-bond donors (Lipinski definition) is 0. The molecule has 0 aliphatic rings. The van der Waals surface area contributed by atoms with Crippen molar-refractivity contribution in [1.82, 2.24) is 0 Å². The average Bonchev–Trinajstić information content (AvgIpc) is 2.91. The van der Waals surface area contributed by atoms with E-state index in [0.717, 1.165) is 22.3 Å². The van der Waals surface area contributed by atoms with Crippen molar-refractivity contribution in [2.45, 2.75) is 6.92 Å². The predicted octanol–water partition coefficient (Wildman–Crippen LogP) is 3.28. The minimum Gasteiger partial charge on any atom is -0.464 e. The maximum atomic E-state index is 11.3. The van der Waals surface area contributed by atoms with E-state index in [1.54, 1.807) is 13.2 Å². The maximum Gasteiger partial charge on any atom is 0.290 e. The van der Waals surface area contributed by atoms with E-state index in [-0.39, 0.29) is 6.61 Å². The first-order chi connectivity index (χ1) is 9.11. The van der Waals surface area contributed by atoms with Crippen molar-refractivity contribution in [1.29, 1.82) is 0 Å². The highest BCUT2D eigenvalue weighted by Gasteiger charge is 2.04. The number of hydrogen-bond acceptors (Lipinski definition) is 4. The molecule has 0 unspecified atom stereocenters. The smallest absolute Gasteiger partial charge is 0.290 e. The molecule has 1 aromatic heterocycles. The second-order valence-corrected chi connectivity index (χ2v) is 5.29. The van der Waals surface area contributed by atoms with Crippen LogP contribution in [-0.2, 0) is 14.3 Å². The van der Waals surface area contributed by atoms with Crippen LogP contribution in [0.1, 0.15) is 12.5 Å². The molecule has 0 atom stereocenters. The summed E-state index contributed by atoms with van der Waals surface area (Å²) in [6, 6.07) is 11.0. The highest BCUT2D eigenvalue weighted by molar-refractivity contribution is 7.89. The van der Waals surface area contributed by atoms with Crippen LogP contribution in [0.25, 0.3) is 17.4 Å². The second-order valence-electron chi connectivity index (χ2n) is 3.80. The molecular formula is C14H14O4S. The summed E-state index contributed by atoms with van der Waals surface area (Å²) in [5.74, 6) is 0.775. The van der Waals surface area contributed by atoms with Gasteiger partial charge in [0, 0.05) is 5.56 Å². The predicted molar refractivity (Wildman–Crippen MR) is 73.7 cm³/mol. The average molecular weight is 278 g/mol. The molecule has 0 fully saturated rings. The van der Waals surface area contributed by atoms with Crippen molar-refractivity contribution < 1.29 is 17.0 Å². The quantitative estimate of drug-likeness (QED) is 0.787. The van der Waals surface area contributed by atoms with Gasteiger partial charge in [-0.2, -0.15) is 8.42 Å². The van der Waals surface area contributed by atoms with Crippen LogP contribution in [0.2, 0.25) is 0 Å². The van der Waals surface area contributed by atoms with E-state index in [9.17, 15) is 8.42 Å². The first-order valence-electron chi connectivity index (χ1n) is 5.82. The Hall–Kier alpha value is -1.85. The minimum atomic E-state index is -3.58. The Labute approximate surface area is 112 Å². The van der Waals surface area contributed by atoms with E-state index in [2.05, 4.69) is 4.18 Å². The fourth-order valence-corrected chi connectivity index (χ4v) is 2.30. The lowest BCUT2D eigenvalue weighted by Crippen LogP contribution is -2.00. The van der Waals surface area contributed by atoms with Crippen LogP contribution < -0.4 is 0 Å². The Morgan fingerprint density at radius 1 is 1.21 bits per heavy atom. The molecule has 2 rings (SSSR count). The number of furan rings is 1. The van der Waals surface area contributed by atoms with Gasteiger partial charge in [-0.25, -0.2) is 0 Å². The van der Waals surface area contributed by atoms with E-state index in [4.69, 9.17) is 4.42 Å². The fraction of sp³-hybridized carbons (Fsp3) is 0.143. The molecule has 0 N–H and O–H groups in total. The van der Waals surface area contributed by atoms with E-state index < -0.39 is 10.1 Å². The van der Waals surface area contributed by atoms with E-state index in [1.165, 1.54) is 6.08 Å². The molecule has 1 aromatic carbocycles. The molecule has 0 radical (unpaired) electrons. The number of rotatable bonds is 5. The third kappa shape index (κ3) is 3.81. The molecule has 0 amide bonds. The first-order valence-corrected chi connectivity index (χ1v) is 7.29. The van der Waals surface area contributed by atoms with Gasteiger partial charge in [0.1, 0.15) is 5.76 Å². The van der Waals surface area contributed by atoms with Crippen LogP contribution in [0.3, 0.4) is 0 Å². The van der Waals surface area contributed by atoms with Gasteiger partial charge in [-0.1, -0.05) is 24.3 Å². The van der Waals surface area contributed by atoms with Crippen molar-refractivity contribution in [2.75, 3.05) is 6.61 Å². The fourth-order valence-electron chi connectivity index (χ4n) is 1.57. The lowest BCUT2D eigenvalue weighted by molar-refractivity contribution is 0.345. The van der Waals surface area contributed by atoms with Gasteiger partial charge in [0.2, 0.25) is 0 Å². The Morgan fingerprint density at radius 2 is 1.95 bits per heavy atom. The van der Waals surface area contributed by atoms with Crippen LogP contribution in [0.4, 0.5) is 0 Å². The topological polar surface area (TPSA) is 56.5 Å². The lowest BCUT2D eigenvalue weighted by atomic mass is 10.1. The van der Waals surface area contributed by atoms with E-state index >= 15 is 0 Å². The Kier molecular flexibility index (Phi) is 4.19. The third-order valence-corrected chi connectivity index (χ3v) is 3.46. The van der Waals surface area contributed by atoms with Gasteiger partial charge in [-0.15, -0.1) is 0 Å².